The zero-order valence-electron chi connectivity index (χ0n) is 12.4. The number of hydrogen-bond acceptors (Lipinski definition) is 2. The lowest BCUT2D eigenvalue weighted by atomic mass is 9.71. The summed E-state index contributed by atoms with van der Waals surface area (Å²) in [7, 11) is 0. The Labute approximate surface area is 112 Å². The Morgan fingerprint density at radius 1 is 1.11 bits per heavy atom. The number of likely N-dealkylation sites (tertiary alicyclic amines) is 1. The molecule has 104 valence electrons. The molecular formula is C16H29NO. The van der Waals surface area contributed by atoms with Crippen molar-refractivity contribution in [3.8, 4) is 0 Å². The van der Waals surface area contributed by atoms with Gasteiger partial charge in [0.15, 0.2) is 5.78 Å². The molecule has 2 heteroatoms. The molecule has 0 aromatic heterocycles. The van der Waals surface area contributed by atoms with Crippen molar-refractivity contribution >= 4 is 5.78 Å². The Morgan fingerprint density at radius 3 is 2.33 bits per heavy atom. The van der Waals surface area contributed by atoms with Gasteiger partial charge in [0.1, 0.15) is 0 Å². The number of Topliss-reactive ketones (excluding diaryl/α,β-unsaturated/α-hetero) is 1. The van der Waals surface area contributed by atoms with E-state index in [9.17, 15) is 4.79 Å². The fraction of sp³-hybridized carbons (Fsp3) is 0.938. The minimum atomic E-state index is -0.230. The molecule has 2 rings (SSSR count). The number of rotatable bonds is 4. The Balaban J connectivity index is 2.08. The summed E-state index contributed by atoms with van der Waals surface area (Å²) in [4.78, 5) is 15.3. The van der Waals surface area contributed by atoms with Crippen molar-refractivity contribution < 1.29 is 4.79 Å². The first-order chi connectivity index (χ1) is 8.57. The van der Waals surface area contributed by atoms with E-state index in [4.69, 9.17) is 0 Å². The van der Waals surface area contributed by atoms with E-state index >= 15 is 0 Å². The predicted octanol–water partition coefficient (Wildman–Crippen LogP) is 3.65. The van der Waals surface area contributed by atoms with Gasteiger partial charge in [0, 0.05) is 5.92 Å². The molecule has 0 aromatic rings. The van der Waals surface area contributed by atoms with E-state index in [2.05, 4.69) is 25.7 Å². The number of nitrogens with zero attached hydrogens (tertiary/aromatic N) is 1. The van der Waals surface area contributed by atoms with Crippen LogP contribution in [0, 0.1) is 11.8 Å². The molecule has 2 aliphatic rings. The Hall–Kier alpha value is -0.370. The monoisotopic (exact) mass is 251 g/mol. The molecule has 1 aliphatic heterocycles. The van der Waals surface area contributed by atoms with Crippen molar-refractivity contribution in [2.24, 2.45) is 11.8 Å². The molecule has 0 N–H and O–H groups in total. The first-order valence-corrected chi connectivity index (χ1v) is 7.86. The van der Waals surface area contributed by atoms with Crippen molar-refractivity contribution in [3.05, 3.63) is 0 Å². The van der Waals surface area contributed by atoms with E-state index in [1.54, 1.807) is 0 Å². The van der Waals surface area contributed by atoms with Gasteiger partial charge in [-0.3, -0.25) is 9.69 Å². The quantitative estimate of drug-likeness (QED) is 0.760. The molecule has 2 nitrogen and oxygen atoms in total. The Morgan fingerprint density at radius 2 is 1.72 bits per heavy atom. The van der Waals surface area contributed by atoms with Crippen molar-refractivity contribution in [2.75, 3.05) is 13.1 Å². The molecular weight excluding hydrogens is 222 g/mol. The van der Waals surface area contributed by atoms with Gasteiger partial charge in [0.05, 0.1) is 5.54 Å². The van der Waals surface area contributed by atoms with Gasteiger partial charge < -0.3 is 0 Å². The van der Waals surface area contributed by atoms with Gasteiger partial charge in [-0.25, -0.2) is 0 Å². The molecule has 1 aliphatic carbocycles. The fourth-order valence-electron chi connectivity index (χ4n) is 3.93. The zero-order valence-corrected chi connectivity index (χ0v) is 12.4. The van der Waals surface area contributed by atoms with Gasteiger partial charge in [-0.05, 0) is 58.5 Å². The van der Waals surface area contributed by atoms with Gasteiger partial charge in [0.25, 0.3) is 0 Å². The third kappa shape index (κ3) is 2.64. The van der Waals surface area contributed by atoms with Crippen LogP contribution in [0.2, 0.25) is 0 Å². The summed E-state index contributed by atoms with van der Waals surface area (Å²) in [6.45, 7) is 8.79. The fourth-order valence-corrected chi connectivity index (χ4v) is 3.93. The summed E-state index contributed by atoms with van der Waals surface area (Å²) < 4.78 is 0. The topological polar surface area (TPSA) is 20.3 Å². The summed E-state index contributed by atoms with van der Waals surface area (Å²) >= 11 is 0. The van der Waals surface area contributed by atoms with Crippen LogP contribution in [0.3, 0.4) is 0 Å². The maximum atomic E-state index is 12.9. The SMILES string of the molecule is CCC1CCCCC1C(=O)C(C)(C)N1CCCC1. The standard InChI is InChI=1S/C16H29NO/c1-4-13-9-5-6-10-14(13)15(18)16(2,3)17-11-7-8-12-17/h13-14H,4-12H2,1-3H3. The minimum absolute atomic E-state index is 0.230. The van der Waals surface area contributed by atoms with Crippen molar-refractivity contribution in [3.63, 3.8) is 0 Å². The maximum absolute atomic E-state index is 12.9. The molecule has 2 atom stereocenters. The van der Waals surface area contributed by atoms with Crippen LogP contribution in [-0.4, -0.2) is 29.3 Å². The highest BCUT2D eigenvalue weighted by molar-refractivity contribution is 5.90. The lowest BCUT2D eigenvalue weighted by Gasteiger charge is -2.40. The predicted molar refractivity (Wildman–Crippen MR) is 75.6 cm³/mol. The molecule has 2 fully saturated rings. The average Bonchev–Trinajstić information content (AvgIpc) is 2.92. The summed E-state index contributed by atoms with van der Waals surface area (Å²) in [5.74, 6) is 1.50. The largest absolute Gasteiger partial charge is 0.297 e. The minimum Gasteiger partial charge on any atom is -0.297 e. The van der Waals surface area contributed by atoms with Crippen molar-refractivity contribution in [2.45, 2.75) is 71.3 Å². The number of carbonyl (C=O) groups is 1. The van der Waals surface area contributed by atoms with Crippen LogP contribution in [-0.2, 0) is 4.79 Å². The third-order valence-corrected chi connectivity index (χ3v) is 5.27. The normalized spacial score (nSPS) is 30.6. The highest BCUT2D eigenvalue weighted by Gasteiger charge is 2.42. The average molecular weight is 251 g/mol. The van der Waals surface area contributed by atoms with Crippen molar-refractivity contribution in [1.29, 1.82) is 0 Å². The number of hydrogen-bond donors (Lipinski definition) is 0. The Kier molecular flexibility index (Phi) is 4.47. The second-order valence-corrected chi connectivity index (χ2v) is 6.68. The molecule has 0 spiro atoms. The second kappa shape index (κ2) is 5.73. The van der Waals surface area contributed by atoms with Crippen LogP contribution in [0.15, 0.2) is 0 Å². The van der Waals surface area contributed by atoms with E-state index in [1.807, 2.05) is 0 Å². The van der Waals surface area contributed by atoms with Gasteiger partial charge in [-0.1, -0.05) is 26.2 Å². The van der Waals surface area contributed by atoms with E-state index < -0.39 is 0 Å². The van der Waals surface area contributed by atoms with Crippen LogP contribution in [0.5, 0.6) is 0 Å². The van der Waals surface area contributed by atoms with Crippen LogP contribution in [0.4, 0.5) is 0 Å². The number of ketones is 1. The lowest BCUT2D eigenvalue weighted by molar-refractivity contribution is -0.136. The van der Waals surface area contributed by atoms with Crippen LogP contribution < -0.4 is 0 Å². The van der Waals surface area contributed by atoms with Gasteiger partial charge >= 0.3 is 0 Å². The molecule has 0 radical (unpaired) electrons. The van der Waals surface area contributed by atoms with E-state index in [-0.39, 0.29) is 5.54 Å². The second-order valence-electron chi connectivity index (χ2n) is 6.68. The summed E-state index contributed by atoms with van der Waals surface area (Å²) in [6, 6.07) is 0. The third-order valence-electron chi connectivity index (χ3n) is 5.27. The van der Waals surface area contributed by atoms with E-state index in [0.29, 0.717) is 17.6 Å². The summed E-state index contributed by atoms with van der Waals surface area (Å²) in [6.07, 6.45) is 8.68. The van der Waals surface area contributed by atoms with Gasteiger partial charge in [-0.2, -0.15) is 0 Å². The van der Waals surface area contributed by atoms with Crippen LogP contribution in [0.1, 0.15) is 65.7 Å². The van der Waals surface area contributed by atoms with E-state index in [0.717, 1.165) is 19.5 Å². The van der Waals surface area contributed by atoms with Crippen molar-refractivity contribution in [1.82, 2.24) is 4.90 Å². The zero-order chi connectivity index (χ0) is 13.2. The first-order valence-electron chi connectivity index (χ1n) is 7.86. The first kappa shape index (κ1) is 14.0. The highest BCUT2D eigenvalue weighted by atomic mass is 16.1. The molecule has 18 heavy (non-hydrogen) atoms. The molecule has 1 heterocycles. The van der Waals surface area contributed by atoms with Crippen LogP contribution >= 0.6 is 0 Å². The Bertz CT molecular complexity index is 291. The van der Waals surface area contributed by atoms with Gasteiger partial charge in [0.2, 0.25) is 0 Å². The summed E-state index contributed by atoms with van der Waals surface area (Å²) in [5.41, 5.74) is -0.230. The molecule has 1 saturated heterocycles. The van der Waals surface area contributed by atoms with Gasteiger partial charge in [-0.15, -0.1) is 0 Å². The molecule has 0 amide bonds. The summed E-state index contributed by atoms with van der Waals surface area (Å²) in [5, 5.41) is 0. The molecule has 1 saturated carbocycles. The lowest BCUT2D eigenvalue weighted by Crippen LogP contribution is -2.52. The highest BCUT2D eigenvalue weighted by Crippen LogP contribution is 2.37. The number of carbonyl (C=O) groups excluding carboxylic acids is 1. The smallest absolute Gasteiger partial charge is 0.155 e. The molecule has 0 bridgehead atoms. The van der Waals surface area contributed by atoms with Crippen LogP contribution in [0.25, 0.3) is 0 Å². The molecule has 2 unspecified atom stereocenters. The maximum Gasteiger partial charge on any atom is 0.155 e. The van der Waals surface area contributed by atoms with E-state index in [1.165, 1.54) is 38.5 Å². The molecule has 0 aromatic carbocycles.